The highest BCUT2D eigenvalue weighted by Gasteiger charge is 2.32. The largest absolute Gasteiger partial charge is 0.369 e. The van der Waals surface area contributed by atoms with E-state index in [1.165, 1.54) is 0 Å². The van der Waals surface area contributed by atoms with Gasteiger partial charge in [0, 0.05) is 12.0 Å². The van der Waals surface area contributed by atoms with Crippen LogP contribution in [0.4, 0.5) is 0 Å². The van der Waals surface area contributed by atoms with Crippen LogP contribution in [0.25, 0.3) is 0 Å². The first kappa shape index (κ1) is 10.5. The Balaban J connectivity index is 2.57. The molecule has 1 heterocycles. The van der Waals surface area contributed by atoms with Crippen LogP contribution < -0.4 is 11.1 Å². The van der Waals surface area contributed by atoms with E-state index in [1.807, 2.05) is 0 Å². The van der Waals surface area contributed by atoms with Crippen molar-refractivity contribution in [1.29, 1.82) is 0 Å². The number of carbonyl (C=O) groups is 1. The van der Waals surface area contributed by atoms with Crippen molar-refractivity contribution >= 4 is 5.91 Å². The van der Waals surface area contributed by atoms with Gasteiger partial charge in [-0.1, -0.05) is 20.8 Å². The van der Waals surface area contributed by atoms with Gasteiger partial charge in [-0.3, -0.25) is 4.79 Å². The Bertz CT molecular complexity index is 196. The van der Waals surface area contributed by atoms with Crippen LogP contribution >= 0.6 is 0 Å². The monoisotopic (exact) mass is 184 g/mol. The molecule has 0 bridgehead atoms. The third-order valence-corrected chi connectivity index (χ3v) is 2.85. The molecule has 1 saturated heterocycles. The van der Waals surface area contributed by atoms with Crippen molar-refractivity contribution in [2.24, 2.45) is 17.1 Å². The topological polar surface area (TPSA) is 55.1 Å². The molecule has 0 saturated carbocycles. The average Bonchev–Trinajstić information content (AvgIpc) is 2.03. The molecule has 0 radical (unpaired) electrons. The summed E-state index contributed by atoms with van der Waals surface area (Å²) in [6, 6.07) is 0.416. The normalized spacial score (nSPS) is 30.1. The van der Waals surface area contributed by atoms with Crippen molar-refractivity contribution in [2.75, 3.05) is 6.54 Å². The Morgan fingerprint density at radius 2 is 2.08 bits per heavy atom. The lowest BCUT2D eigenvalue weighted by atomic mass is 9.78. The minimum absolute atomic E-state index is 0.0745. The zero-order valence-corrected chi connectivity index (χ0v) is 8.76. The molecule has 13 heavy (non-hydrogen) atoms. The first-order valence-corrected chi connectivity index (χ1v) is 4.94. The van der Waals surface area contributed by atoms with Crippen molar-refractivity contribution in [3.63, 3.8) is 0 Å². The van der Waals surface area contributed by atoms with Crippen LogP contribution in [0, 0.1) is 11.3 Å². The van der Waals surface area contributed by atoms with E-state index in [-0.39, 0.29) is 17.2 Å². The Morgan fingerprint density at radius 1 is 1.46 bits per heavy atom. The van der Waals surface area contributed by atoms with Gasteiger partial charge in [0.05, 0.1) is 0 Å². The quantitative estimate of drug-likeness (QED) is 0.636. The Morgan fingerprint density at radius 3 is 2.54 bits per heavy atom. The number of primary amides is 1. The lowest BCUT2D eigenvalue weighted by Gasteiger charge is -2.37. The van der Waals surface area contributed by atoms with E-state index in [2.05, 4.69) is 26.1 Å². The first-order chi connectivity index (χ1) is 5.91. The minimum atomic E-state index is -0.143. The van der Waals surface area contributed by atoms with Gasteiger partial charge in [-0.05, 0) is 24.8 Å². The number of hydrogen-bond donors (Lipinski definition) is 2. The zero-order chi connectivity index (χ0) is 10.1. The third-order valence-electron chi connectivity index (χ3n) is 2.85. The molecule has 1 fully saturated rings. The summed E-state index contributed by atoms with van der Waals surface area (Å²) < 4.78 is 0. The van der Waals surface area contributed by atoms with Gasteiger partial charge in [0.15, 0.2) is 0 Å². The molecule has 3 nitrogen and oxygen atoms in total. The summed E-state index contributed by atoms with van der Waals surface area (Å²) in [4.78, 5) is 11.0. The molecule has 2 unspecified atom stereocenters. The van der Waals surface area contributed by atoms with Gasteiger partial charge in [0.25, 0.3) is 0 Å². The number of nitrogens with one attached hydrogen (secondary N) is 1. The van der Waals surface area contributed by atoms with Crippen LogP contribution in [0.3, 0.4) is 0 Å². The first-order valence-electron chi connectivity index (χ1n) is 4.94. The lowest BCUT2D eigenvalue weighted by Crippen LogP contribution is -2.48. The molecule has 0 aliphatic carbocycles. The summed E-state index contributed by atoms with van der Waals surface area (Å²) in [6.45, 7) is 7.48. The summed E-state index contributed by atoms with van der Waals surface area (Å²) in [5.74, 6) is -0.0683. The molecule has 0 aromatic heterocycles. The maximum absolute atomic E-state index is 11.0. The number of hydrogen-bond acceptors (Lipinski definition) is 2. The Labute approximate surface area is 80.1 Å². The standard InChI is InChI=1S/C10H20N2O/c1-10(2,3)8-6-7(9(11)13)4-5-12-8/h7-8,12H,4-6H2,1-3H3,(H2,11,13). The summed E-state index contributed by atoms with van der Waals surface area (Å²) in [5.41, 5.74) is 5.52. The van der Waals surface area contributed by atoms with Gasteiger partial charge in [0.1, 0.15) is 0 Å². The van der Waals surface area contributed by atoms with E-state index in [9.17, 15) is 4.79 Å². The fraction of sp³-hybridized carbons (Fsp3) is 0.900. The SMILES string of the molecule is CC(C)(C)C1CC(C(N)=O)CCN1. The second-order valence-electron chi connectivity index (χ2n) is 5.00. The molecule has 0 spiro atoms. The second-order valence-corrected chi connectivity index (χ2v) is 5.00. The molecular weight excluding hydrogens is 164 g/mol. The van der Waals surface area contributed by atoms with E-state index >= 15 is 0 Å². The molecule has 1 aliphatic rings. The van der Waals surface area contributed by atoms with Gasteiger partial charge in [-0.25, -0.2) is 0 Å². The number of amides is 1. The van der Waals surface area contributed by atoms with Crippen molar-refractivity contribution in [2.45, 2.75) is 39.7 Å². The molecule has 1 aliphatic heterocycles. The van der Waals surface area contributed by atoms with E-state index in [0.29, 0.717) is 6.04 Å². The van der Waals surface area contributed by atoms with E-state index in [1.54, 1.807) is 0 Å². The van der Waals surface area contributed by atoms with Crippen LogP contribution in [0.1, 0.15) is 33.6 Å². The van der Waals surface area contributed by atoms with Crippen molar-refractivity contribution < 1.29 is 4.79 Å². The average molecular weight is 184 g/mol. The van der Waals surface area contributed by atoms with Gasteiger partial charge in [-0.15, -0.1) is 0 Å². The van der Waals surface area contributed by atoms with Gasteiger partial charge >= 0.3 is 0 Å². The predicted octanol–water partition coefficient (Wildman–Crippen LogP) is 0.886. The van der Waals surface area contributed by atoms with Crippen LogP contribution in [0.15, 0.2) is 0 Å². The highest BCUT2D eigenvalue weighted by molar-refractivity contribution is 5.76. The predicted molar refractivity (Wildman–Crippen MR) is 53.2 cm³/mol. The molecule has 2 atom stereocenters. The zero-order valence-electron chi connectivity index (χ0n) is 8.76. The molecular formula is C10H20N2O. The molecule has 1 amide bonds. The number of nitrogens with two attached hydrogens (primary N) is 1. The van der Waals surface area contributed by atoms with Crippen LogP contribution in [0.2, 0.25) is 0 Å². The van der Waals surface area contributed by atoms with Crippen molar-refractivity contribution in [3.05, 3.63) is 0 Å². The maximum Gasteiger partial charge on any atom is 0.220 e. The number of piperidine rings is 1. The Hall–Kier alpha value is -0.570. The number of rotatable bonds is 1. The molecule has 3 heteroatoms. The molecule has 3 N–H and O–H groups in total. The van der Waals surface area contributed by atoms with Gasteiger partial charge in [0.2, 0.25) is 5.91 Å². The van der Waals surface area contributed by atoms with Crippen LogP contribution in [-0.2, 0) is 4.79 Å². The summed E-state index contributed by atoms with van der Waals surface area (Å²) >= 11 is 0. The summed E-state index contributed by atoms with van der Waals surface area (Å²) in [6.07, 6.45) is 1.78. The molecule has 76 valence electrons. The highest BCUT2D eigenvalue weighted by Crippen LogP contribution is 2.28. The third kappa shape index (κ3) is 2.69. The van der Waals surface area contributed by atoms with Crippen LogP contribution in [0.5, 0.6) is 0 Å². The van der Waals surface area contributed by atoms with E-state index < -0.39 is 0 Å². The second kappa shape index (κ2) is 3.66. The van der Waals surface area contributed by atoms with E-state index in [4.69, 9.17) is 5.73 Å². The summed E-state index contributed by atoms with van der Waals surface area (Å²) in [5, 5.41) is 3.44. The summed E-state index contributed by atoms with van der Waals surface area (Å²) in [7, 11) is 0. The van der Waals surface area contributed by atoms with Gasteiger partial charge < -0.3 is 11.1 Å². The Kier molecular flexibility index (Phi) is 2.96. The van der Waals surface area contributed by atoms with Crippen molar-refractivity contribution in [1.82, 2.24) is 5.32 Å². The highest BCUT2D eigenvalue weighted by atomic mass is 16.1. The van der Waals surface area contributed by atoms with Gasteiger partial charge in [-0.2, -0.15) is 0 Å². The van der Waals surface area contributed by atoms with Crippen molar-refractivity contribution in [3.8, 4) is 0 Å². The maximum atomic E-state index is 11.0. The minimum Gasteiger partial charge on any atom is -0.369 e. The van der Waals surface area contributed by atoms with Crippen LogP contribution in [-0.4, -0.2) is 18.5 Å². The smallest absolute Gasteiger partial charge is 0.220 e. The fourth-order valence-corrected chi connectivity index (χ4v) is 1.84. The van der Waals surface area contributed by atoms with E-state index in [0.717, 1.165) is 19.4 Å². The fourth-order valence-electron chi connectivity index (χ4n) is 1.84. The lowest BCUT2D eigenvalue weighted by molar-refractivity contribution is -0.123. The molecule has 0 aromatic rings. The molecule has 1 rings (SSSR count). The number of carbonyl (C=O) groups excluding carboxylic acids is 1. The molecule has 0 aromatic carbocycles.